The molecular formula is C9H9FN2O3. The summed E-state index contributed by atoms with van der Waals surface area (Å²) in [6, 6.07) is 1.14. The first-order valence-corrected chi connectivity index (χ1v) is 4.38. The Kier molecular flexibility index (Phi) is 2.18. The third-order valence-corrected chi connectivity index (χ3v) is 2.14. The van der Waals surface area contributed by atoms with E-state index in [9.17, 15) is 14.0 Å². The topological polar surface area (TPSA) is 64.1 Å². The van der Waals surface area contributed by atoms with Crippen LogP contribution in [0, 0.1) is 0 Å². The van der Waals surface area contributed by atoms with Gasteiger partial charge in [-0.3, -0.25) is 14.3 Å². The molecule has 0 spiro atoms. The van der Waals surface area contributed by atoms with Crippen molar-refractivity contribution in [3.8, 4) is 0 Å². The molecule has 1 fully saturated rings. The van der Waals surface area contributed by atoms with Crippen molar-refractivity contribution in [2.75, 3.05) is 0 Å². The molecule has 15 heavy (non-hydrogen) atoms. The van der Waals surface area contributed by atoms with E-state index in [0.717, 1.165) is 10.6 Å². The van der Waals surface area contributed by atoms with Gasteiger partial charge in [-0.1, -0.05) is 6.58 Å². The maximum atomic E-state index is 13.4. The van der Waals surface area contributed by atoms with Gasteiger partial charge in [-0.15, -0.1) is 0 Å². The van der Waals surface area contributed by atoms with Crippen LogP contribution < -0.4 is 11.2 Å². The van der Waals surface area contributed by atoms with Crippen molar-refractivity contribution in [2.45, 2.75) is 18.8 Å². The number of ether oxygens (including phenoxy) is 1. The van der Waals surface area contributed by atoms with Crippen molar-refractivity contribution in [3.63, 3.8) is 0 Å². The molecule has 2 rings (SSSR count). The van der Waals surface area contributed by atoms with Gasteiger partial charge in [-0.25, -0.2) is 9.18 Å². The first-order chi connectivity index (χ1) is 7.08. The van der Waals surface area contributed by atoms with Crippen LogP contribution in [0.2, 0.25) is 0 Å². The van der Waals surface area contributed by atoms with Crippen molar-refractivity contribution in [1.29, 1.82) is 0 Å². The van der Waals surface area contributed by atoms with E-state index >= 15 is 0 Å². The summed E-state index contributed by atoms with van der Waals surface area (Å²) in [7, 11) is 0. The number of alkyl halides is 1. The zero-order chi connectivity index (χ0) is 11.0. The molecule has 0 bridgehead atoms. The van der Waals surface area contributed by atoms with Crippen molar-refractivity contribution in [1.82, 2.24) is 9.55 Å². The third kappa shape index (κ3) is 1.70. The number of hydrogen-bond acceptors (Lipinski definition) is 3. The van der Waals surface area contributed by atoms with E-state index in [4.69, 9.17) is 4.74 Å². The Labute approximate surface area is 83.8 Å². The van der Waals surface area contributed by atoms with Crippen LogP contribution in [0.25, 0.3) is 0 Å². The highest BCUT2D eigenvalue weighted by molar-refractivity contribution is 4.97. The lowest BCUT2D eigenvalue weighted by Crippen LogP contribution is -2.33. The first kappa shape index (κ1) is 9.70. The molecule has 1 aromatic heterocycles. The summed E-state index contributed by atoms with van der Waals surface area (Å²) in [5, 5.41) is 0. The summed E-state index contributed by atoms with van der Waals surface area (Å²) in [6.07, 6.45) is -1.07. The predicted molar refractivity (Wildman–Crippen MR) is 50.1 cm³/mol. The number of nitrogens with one attached hydrogen (secondary N) is 1. The van der Waals surface area contributed by atoms with Crippen LogP contribution in [-0.4, -0.2) is 15.7 Å². The zero-order valence-corrected chi connectivity index (χ0v) is 7.77. The molecule has 1 N–H and O–H groups in total. The van der Waals surface area contributed by atoms with Crippen LogP contribution in [0.5, 0.6) is 0 Å². The van der Waals surface area contributed by atoms with E-state index in [1.54, 1.807) is 0 Å². The molecule has 0 amide bonds. The minimum Gasteiger partial charge on any atom is -0.472 e. The standard InChI is InChI=1S/C9H9FN2O3/c1-5-4-6(10)8(15-5)12-3-2-7(13)11-9(12)14/h2-3,6,8H,1,4H2,(H,11,13,14)/t6-,8-/m1/s1. The van der Waals surface area contributed by atoms with Crippen LogP contribution in [0.1, 0.15) is 12.6 Å². The quantitative estimate of drug-likeness (QED) is 0.728. The average molecular weight is 212 g/mol. The van der Waals surface area contributed by atoms with E-state index in [0.29, 0.717) is 5.76 Å². The number of aromatic nitrogens is 2. The minimum atomic E-state index is -1.32. The molecule has 0 saturated carbocycles. The normalized spacial score (nSPS) is 25.3. The molecular weight excluding hydrogens is 203 g/mol. The van der Waals surface area contributed by atoms with E-state index in [-0.39, 0.29) is 6.42 Å². The number of allylic oxidation sites excluding steroid dienone is 1. The third-order valence-electron chi connectivity index (χ3n) is 2.14. The second-order valence-electron chi connectivity index (χ2n) is 3.28. The molecule has 0 radical (unpaired) electrons. The molecule has 1 aliphatic heterocycles. The highest BCUT2D eigenvalue weighted by Gasteiger charge is 2.33. The molecule has 0 unspecified atom stereocenters. The summed E-state index contributed by atoms with van der Waals surface area (Å²) in [6.45, 7) is 3.48. The second kappa shape index (κ2) is 3.38. The van der Waals surface area contributed by atoms with Crippen LogP contribution in [0.15, 0.2) is 34.2 Å². The van der Waals surface area contributed by atoms with Gasteiger partial charge in [0.15, 0.2) is 6.17 Å². The van der Waals surface area contributed by atoms with Crippen molar-refractivity contribution in [3.05, 3.63) is 45.4 Å². The smallest absolute Gasteiger partial charge is 0.331 e. The molecule has 6 heteroatoms. The summed E-state index contributed by atoms with van der Waals surface area (Å²) >= 11 is 0. The van der Waals surface area contributed by atoms with Crippen LogP contribution in [0.4, 0.5) is 4.39 Å². The summed E-state index contributed by atoms with van der Waals surface area (Å²) in [4.78, 5) is 24.1. The van der Waals surface area contributed by atoms with E-state index in [2.05, 4.69) is 6.58 Å². The lowest BCUT2D eigenvalue weighted by molar-refractivity contribution is 0.0450. The number of aromatic amines is 1. The second-order valence-corrected chi connectivity index (χ2v) is 3.28. The lowest BCUT2D eigenvalue weighted by atomic mass is 10.3. The molecule has 1 saturated heterocycles. The number of nitrogens with zero attached hydrogens (tertiary/aromatic N) is 1. The summed E-state index contributed by atoms with van der Waals surface area (Å²) < 4.78 is 19.4. The number of halogens is 1. The van der Waals surface area contributed by atoms with E-state index in [1.165, 1.54) is 6.20 Å². The fourth-order valence-electron chi connectivity index (χ4n) is 1.47. The molecule has 1 aliphatic rings. The van der Waals surface area contributed by atoms with Gasteiger partial charge in [-0.2, -0.15) is 0 Å². The molecule has 80 valence electrons. The van der Waals surface area contributed by atoms with Gasteiger partial charge in [0.25, 0.3) is 5.56 Å². The molecule has 0 aromatic carbocycles. The van der Waals surface area contributed by atoms with E-state index < -0.39 is 23.6 Å². The van der Waals surface area contributed by atoms with Gasteiger partial charge in [0.05, 0.1) is 5.76 Å². The molecule has 1 aromatic rings. The number of H-pyrrole nitrogens is 1. The maximum absolute atomic E-state index is 13.4. The SMILES string of the molecule is C=C1C[C@@H](F)[C@H](n2ccc(=O)[nH]c2=O)O1. The first-order valence-electron chi connectivity index (χ1n) is 4.38. The lowest BCUT2D eigenvalue weighted by Gasteiger charge is -2.14. The monoisotopic (exact) mass is 212 g/mol. The molecule has 0 aliphatic carbocycles. The van der Waals surface area contributed by atoms with Crippen molar-refractivity contribution in [2.24, 2.45) is 0 Å². The summed E-state index contributed by atoms with van der Waals surface area (Å²) in [5.74, 6) is 0.297. The average Bonchev–Trinajstić information content (AvgIpc) is 2.45. The Bertz CT molecular complexity index is 505. The Morgan fingerprint density at radius 2 is 2.33 bits per heavy atom. The Hall–Kier alpha value is -1.85. The number of rotatable bonds is 1. The van der Waals surface area contributed by atoms with Crippen LogP contribution >= 0.6 is 0 Å². The predicted octanol–water partition coefficient (Wildman–Crippen LogP) is 0.307. The maximum Gasteiger partial charge on any atom is 0.331 e. The molecule has 2 heterocycles. The van der Waals surface area contributed by atoms with Crippen molar-refractivity contribution >= 4 is 0 Å². The Morgan fingerprint density at radius 3 is 2.87 bits per heavy atom. The van der Waals surface area contributed by atoms with Gasteiger partial charge in [-0.05, 0) is 0 Å². The van der Waals surface area contributed by atoms with Gasteiger partial charge in [0.1, 0.15) is 0 Å². The van der Waals surface area contributed by atoms with Crippen LogP contribution in [-0.2, 0) is 4.74 Å². The Morgan fingerprint density at radius 1 is 1.60 bits per heavy atom. The molecule has 5 nitrogen and oxygen atoms in total. The summed E-state index contributed by atoms with van der Waals surface area (Å²) in [5.41, 5.74) is -1.21. The number of hydrogen-bond donors (Lipinski definition) is 1. The fourth-order valence-corrected chi connectivity index (χ4v) is 1.47. The van der Waals surface area contributed by atoms with Crippen molar-refractivity contribution < 1.29 is 9.13 Å². The highest BCUT2D eigenvalue weighted by Crippen LogP contribution is 2.31. The van der Waals surface area contributed by atoms with Gasteiger partial charge < -0.3 is 4.74 Å². The van der Waals surface area contributed by atoms with Gasteiger partial charge >= 0.3 is 5.69 Å². The van der Waals surface area contributed by atoms with Gasteiger partial charge in [0, 0.05) is 18.7 Å². The Balaban J connectivity index is 2.42. The van der Waals surface area contributed by atoms with E-state index in [1.807, 2.05) is 4.98 Å². The van der Waals surface area contributed by atoms with Crippen LogP contribution in [0.3, 0.4) is 0 Å². The zero-order valence-electron chi connectivity index (χ0n) is 7.77. The fraction of sp³-hybridized carbons (Fsp3) is 0.333. The van der Waals surface area contributed by atoms with Gasteiger partial charge in [0.2, 0.25) is 6.23 Å². The molecule has 2 atom stereocenters. The minimum absolute atomic E-state index is 0.0657. The largest absolute Gasteiger partial charge is 0.472 e. The highest BCUT2D eigenvalue weighted by atomic mass is 19.1.